The Morgan fingerprint density at radius 2 is 1.85 bits per heavy atom. The summed E-state index contributed by atoms with van der Waals surface area (Å²) in [5, 5.41) is 9.33. The molecule has 0 saturated carbocycles. The first kappa shape index (κ1) is 14.1. The minimum absolute atomic E-state index is 0.0511. The van der Waals surface area contributed by atoms with Crippen LogP contribution in [0.2, 0.25) is 0 Å². The molecule has 0 fully saturated rings. The van der Waals surface area contributed by atoms with E-state index in [1.165, 1.54) is 31.5 Å². The first-order chi connectivity index (χ1) is 9.53. The van der Waals surface area contributed by atoms with Crippen LogP contribution in [-0.2, 0) is 10.0 Å². The molecule has 0 saturated heterocycles. The number of methoxy groups -OCH3 is 1. The molecule has 0 unspecified atom stereocenters. The summed E-state index contributed by atoms with van der Waals surface area (Å²) in [5.74, 6) is -0.0250. The van der Waals surface area contributed by atoms with Crippen LogP contribution >= 0.6 is 0 Å². The maximum absolute atomic E-state index is 12.1. The molecule has 0 bridgehead atoms. The van der Waals surface area contributed by atoms with Crippen LogP contribution in [0.3, 0.4) is 0 Å². The molecule has 0 radical (unpaired) electrons. The SMILES string of the molecule is COc1cc(O)ccc1S(=O)(=O)N=Cc1ccccc1. The molecule has 0 amide bonds. The average Bonchev–Trinajstić information content (AvgIpc) is 2.46. The number of hydrogen-bond donors (Lipinski definition) is 1. The van der Waals surface area contributed by atoms with Gasteiger partial charge in [0, 0.05) is 12.3 Å². The van der Waals surface area contributed by atoms with Gasteiger partial charge >= 0.3 is 0 Å². The number of phenolic OH excluding ortho intramolecular Hbond substituents is 1. The van der Waals surface area contributed by atoms with Crippen LogP contribution in [0.25, 0.3) is 0 Å². The summed E-state index contributed by atoms with van der Waals surface area (Å²) in [4.78, 5) is -0.0926. The molecule has 0 spiro atoms. The second-order valence-corrected chi connectivity index (χ2v) is 5.56. The van der Waals surface area contributed by atoms with Crippen molar-refractivity contribution in [3.63, 3.8) is 0 Å². The Morgan fingerprint density at radius 3 is 2.50 bits per heavy atom. The number of ether oxygens (including phenoxy) is 1. The van der Waals surface area contributed by atoms with Gasteiger partial charge < -0.3 is 9.84 Å². The topological polar surface area (TPSA) is 76.0 Å². The van der Waals surface area contributed by atoms with Gasteiger partial charge in [0.1, 0.15) is 16.4 Å². The van der Waals surface area contributed by atoms with Crippen LogP contribution in [-0.4, -0.2) is 26.8 Å². The van der Waals surface area contributed by atoms with Crippen molar-refractivity contribution >= 4 is 16.2 Å². The van der Waals surface area contributed by atoms with Crippen LogP contribution in [0.1, 0.15) is 5.56 Å². The average molecular weight is 291 g/mol. The molecule has 2 aromatic rings. The lowest BCUT2D eigenvalue weighted by Crippen LogP contribution is -2.01. The minimum Gasteiger partial charge on any atom is -0.508 e. The Morgan fingerprint density at radius 1 is 1.15 bits per heavy atom. The number of hydrogen-bond acceptors (Lipinski definition) is 4. The lowest BCUT2D eigenvalue weighted by molar-refractivity contribution is 0.396. The van der Waals surface area contributed by atoms with E-state index in [1.807, 2.05) is 6.07 Å². The Bertz CT molecular complexity index is 724. The molecular formula is C14H13NO4S. The molecule has 5 nitrogen and oxygen atoms in total. The molecular weight excluding hydrogens is 278 g/mol. The van der Waals surface area contributed by atoms with Crippen LogP contribution in [0.5, 0.6) is 11.5 Å². The maximum Gasteiger partial charge on any atom is 0.285 e. The highest BCUT2D eigenvalue weighted by atomic mass is 32.2. The van der Waals surface area contributed by atoms with Crippen molar-refractivity contribution in [2.45, 2.75) is 4.90 Å². The number of aromatic hydroxyl groups is 1. The van der Waals surface area contributed by atoms with Gasteiger partial charge in [-0.1, -0.05) is 30.3 Å². The van der Waals surface area contributed by atoms with Crippen molar-refractivity contribution in [3.05, 3.63) is 54.1 Å². The maximum atomic E-state index is 12.1. The molecule has 104 valence electrons. The first-order valence-electron chi connectivity index (χ1n) is 5.75. The van der Waals surface area contributed by atoms with E-state index in [0.29, 0.717) is 5.56 Å². The van der Waals surface area contributed by atoms with Crippen molar-refractivity contribution in [3.8, 4) is 11.5 Å². The third-order valence-electron chi connectivity index (χ3n) is 2.57. The monoisotopic (exact) mass is 291 g/mol. The smallest absolute Gasteiger partial charge is 0.285 e. The molecule has 6 heteroatoms. The van der Waals surface area contributed by atoms with Gasteiger partial charge in [-0.05, 0) is 17.7 Å². The first-order valence-corrected chi connectivity index (χ1v) is 7.19. The Hall–Kier alpha value is -2.34. The third kappa shape index (κ3) is 3.16. The van der Waals surface area contributed by atoms with Crippen molar-refractivity contribution in [1.82, 2.24) is 0 Å². The number of rotatable bonds is 4. The van der Waals surface area contributed by atoms with Crippen molar-refractivity contribution in [1.29, 1.82) is 0 Å². The fraction of sp³-hybridized carbons (Fsp3) is 0.0714. The fourth-order valence-electron chi connectivity index (χ4n) is 1.60. The molecule has 0 aliphatic carbocycles. The molecule has 2 rings (SSSR count). The van der Waals surface area contributed by atoms with Gasteiger partial charge in [0.2, 0.25) is 0 Å². The summed E-state index contributed by atoms with van der Waals surface area (Å²) in [6.45, 7) is 0. The number of nitrogens with zero attached hydrogens (tertiary/aromatic N) is 1. The van der Waals surface area contributed by atoms with E-state index < -0.39 is 10.0 Å². The molecule has 20 heavy (non-hydrogen) atoms. The highest BCUT2D eigenvalue weighted by Crippen LogP contribution is 2.28. The van der Waals surface area contributed by atoms with Crippen molar-refractivity contribution < 1.29 is 18.3 Å². The van der Waals surface area contributed by atoms with Crippen molar-refractivity contribution in [2.24, 2.45) is 4.40 Å². The predicted molar refractivity (Wildman–Crippen MR) is 75.9 cm³/mol. The number of benzene rings is 2. The Balaban J connectivity index is 2.39. The lowest BCUT2D eigenvalue weighted by Gasteiger charge is -2.06. The zero-order valence-corrected chi connectivity index (χ0v) is 11.5. The summed E-state index contributed by atoms with van der Waals surface area (Å²) in [6.07, 6.45) is 1.27. The second kappa shape index (κ2) is 5.75. The van der Waals surface area contributed by atoms with E-state index >= 15 is 0 Å². The highest BCUT2D eigenvalue weighted by Gasteiger charge is 2.18. The van der Waals surface area contributed by atoms with Crippen LogP contribution in [0, 0.1) is 0 Å². The van der Waals surface area contributed by atoms with Gasteiger partial charge in [-0.25, -0.2) is 0 Å². The normalized spacial score (nSPS) is 11.7. The molecule has 0 aromatic heterocycles. The fourth-order valence-corrected chi connectivity index (χ4v) is 2.61. The molecule has 2 aromatic carbocycles. The minimum atomic E-state index is -3.88. The number of phenols is 1. The third-order valence-corrected chi connectivity index (χ3v) is 3.84. The van der Waals surface area contributed by atoms with Crippen LogP contribution in [0.4, 0.5) is 0 Å². The van der Waals surface area contributed by atoms with E-state index in [4.69, 9.17) is 4.74 Å². The van der Waals surface area contributed by atoms with Gasteiger partial charge in [-0.15, -0.1) is 0 Å². The zero-order valence-electron chi connectivity index (χ0n) is 10.7. The summed E-state index contributed by atoms with van der Waals surface area (Å²) in [5.41, 5.74) is 0.675. The predicted octanol–water partition coefficient (Wildman–Crippen LogP) is 2.21. The number of sulfonamides is 1. The van der Waals surface area contributed by atoms with E-state index in [1.54, 1.807) is 24.3 Å². The molecule has 0 atom stereocenters. The summed E-state index contributed by atoms with van der Waals surface area (Å²) in [6, 6.07) is 12.6. The van der Waals surface area contributed by atoms with Crippen molar-refractivity contribution in [2.75, 3.05) is 7.11 Å². The largest absolute Gasteiger partial charge is 0.508 e. The molecule has 1 N–H and O–H groups in total. The van der Waals surface area contributed by atoms with E-state index in [0.717, 1.165) is 0 Å². The lowest BCUT2D eigenvalue weighted by atomic mass is 10.2. The summed E-state index contributed by atoms with van der Waals surface area (Å²) < 4.78 is 32.8. The molecule has 0 aliphatic heterocycles. The Labute approximate surface area is 117 Å². The zero-order chi connectivity index (χ0) is 14.6. The van der Waals surface area contributed by atoms with Gasteiger partial charge in [0.05, 0.1) is 7.11 Å². The molecule has 0 heterocycles. The van der Waals surface area contributed by atoms with E-state index in [-0.39, 0.29) is 16.4 Å². The van der Waals surface area contributed by atoms with Gasteiger partial charge in [-0.3, -0.25) is 0 Å². The highest BCUT2D eigenvalue weighted by molar-refractivity contribution is 7.90. The van der Waals surface area contributed by atoms with Crippen LogP contribution in [0.15, 0.2) is 57.8 Å². The summed E-state index contributed by atoms with van der Waals surface area (Å²) >= 11 is 0. The molecule has 0 aliphatic rings. The second-order valence-electron chi connectivity index (χ2n) is 3.96. The Kier molecular flexibility index (Phi) is 4.05. The van der Waals surface area contributed by atoms with Crippen LogP contribution < -0.4 is 4.74 Å². The van der Waals surface area contributed by atoms with E-state index in [9.17, 15) is 13.5 Å². The van der Waals surface area contributed by atoms with Gasteiger partial charge in [-0.2, -0.15) is 12.8 Å². The van der Waals surface area contributed by atoms with Gasteiger partial charge in [0.15, 0.2) is 0 Å². The van der Waals surface area contributed by atoms with Gasteiger partial charge in [0.25, 0.3) is 10.0 Å². The standard InChI is InChI=1S/C14H13NO4S/c1-19-13-9-12(16)7-8-14(13)20(17,18)15-10-11-5-3-2-4-6-11/h2-10,16H,1H3. The summed E-state index contributed by atoms with van der Waals surface area (Å²) in [7, 11) is -2.56. The quantitative estimate of drug-likeness (QED) is 0.876. The van der Waals surface area contributed by atoms with E-state index in [2.05, 4.69) is 4.40 Å².